The zero-order chi connectivity index (χ0) is 47.5. The summed E-state index contributed by atoms with van der Waals surface area (Å²) in [4.78, 5) is 54.9. The predicted octanol–water partition coefficient (Wildman–Crippen LogP) is 8.48. The third kappa shape index (κ3) is 12.4. The third-order valence-electron chi connectivity index (χ3n) is 8.95. The lowest BCUT2D eigenvalue weighted by Crippen LogP contribution is -2.21. The maximum Gasteiger partial charge on any atom is 0.306 e. The molecule has 0 saturated heterocycles. The number of primary amides is 2. The maximum atomic E-state index is 14.8. The Balaban J connectivity index is 0.000000253. The van der Waals surface area contributed by atoms with Crippen LogP contribution in [0.2, 0.25) is 10.4 Å². The number of benzene rings is 4. The summed E-state index contributed by atoms with van der Waals surface area (Å²) in [7, 11) is 0. The fraction of sp³-hybridized carbons (Fsp3) is 0.227. The number of carbonyl (C=O) groups is 4. The van der Waals surface area contributed by atoms with Crippen LogP contribution in [0, 0.1) is 37.1 Å². The second-order valence-corrected chi connectivity index (χ2v) is 14.3. The molecule has 0 aliphatic rings. The number of aryl methyl sites for hydroxylation is 2. The van der Waals surface area contributed by atoms with Gasteiger partial charge in [-0.3, -0.25) is 19.2 Å². The number of halogens is 6. The molecule has 2 atom stereocenters. The van der Waals surface area contributed by atoms with E-state index in [9.17, 15) is 41.8 Å². The van der Waals surface area contributed by atoms with E-state index in [1.165, 1.54) is 0 Å². The number of aliphatic hydroxyl groups is 1. The van der Waals surface area contributed by atoms with E-state index >= 15 is 0 Å². The van der Waals surface area contributed by atoms with Crippen molar-refractivity contribution < 1.29 is 69.6 Å². The van der Waals surface area contributed by atoms with Crippen LogP contribution in [0.3, 0.4) is 0 Å². The second kappa shape index (κ2) is 22.1. The normalized spacial score (nSPS) is 11.8. The highest BCUT2D eigenvalue weighted by Gasteiger charge is 2.29. The highest BCUT2D eigenvalue weighted by atomic mass is 35.5. The number of carbonyl (C=O) groups excluding carboxylic acids is 4. The molecule has 4 aromatic carbocycles. The summed E-state index contributed by atoms with van der Waals surface area (Å²) < 4.78 is 88.4. The third-order valence-corrected chi connectivity index (χ3v) is 9.46. The number of hydrogen-bond donors (Lipinski definition) is 3. The van der Waals surface area contributed by atoms with Crippen LogP contribution in [0.15, 0.2) is 81.6 Å². The summed E-state index contributed by atoms with van der Waals surface area (Å²) in [6, 6.07) is 18.0. The Morgan fingerprint density at radius 2 is 1.05 bits per heavy atom. The van der Waals surface area contributed by atoms with Gasteiger partial charge >= 0.3 is 11.9 Å². The van der Waals surface area contributed by atoms with Gasteiger partial charge in [-0.15, -0.1) is 0 Å². The number of amides is 2. The monoisotopic (exact) mass is 944 g/mol. The standard InChI is InChI=1S/C25H23ClF2N2O7.C19H15ClF2N2O4/c1-3-34-18(31)10-11-19(32)35-12-17(36-16-9-8-15(27)20(21(16)28)24(29)33)25-30-22(23(26)37-25)14-6-4-13(2)5-7-14;1-9-2-4-10(5-3-9)16-17(20)28-19(24-16)13(8-25)27-12-7-6-11(21)14(15(12)22)18(23)26/h4-9,17H,3,10-12H2,1-2H3,(H2,29,33);2-7,13,25H,8H2,1H3,(H2,23,26). The lowest BCUT2D eigenvalue weighted by atomic mass is 10.1. The van der Waals surface area contributed by atoms with Crippen LogP contribution in [0.4, 0.5) is 17.6 Å². The van der Waals surface area contributed by atoms with Gasteiger partial charge in [-0.2, -0.15) is 0 Å². The van der Waals surface area contributed by atoms with Gasteiger partial charge in [0, 0.05) is 11.1 Å². The molecule has 6 aromatic rings. The van der Waals surface area contributed by atoms with Crippen molar-refractivity contribution in [2.24, 2.45) is 11.5 Å². The van der Waals surface area contributed by atoms with Gasteiger partial charge in [-0.05, 0) is 68.2 Å². The molecule has 6 rings (SSSR count). The minimum absolute atomic E-state index is 0.0432. The van der Waals surface area contributed by atoms with Crippen molar-refractivity contribution in [2.75, 3.05) is 19.8 Å². The molecular formula is C44H38Cl2F4N4O11. The summed E-state index contributed by atoms with van der Waals surface area (Å²) in [6.45, 7) is 4.42. The molecule has 2 unspecified atom stereocenters. The maximum absolute atomic E-state index is 14.8. The number of oxazole rings is 2. The first-order valence-corrected chi connectivity index (χ1v) is 19.9. The van der Waals surface area contributed by atoms with Gasteiger partial charge in [-0.25, -0.2) is 27.5 Å². The Kier molecular flexibility index (Phi) is 16.7. The Labute approximate surface area is 377 Å². The van der Waals surface area contributed by atoms with Crippen molar-refractivity contribution in [3.05, 3.63) is 141 Å². The second-order valence-electron chi connectivity index (χ2n) is 13.7. The van der Waals surface area contributed by atoms with Crippen LogP contribution in [0.1, 0.15) is 75.6 Å². The smallest absolute Gasteiger partial charge is 0.306 e. The highest BCUT2D eigenvalue weighted by molar-refractivity contribution is 6.31. The lowest BCUT2D eigenvalue weighted by molar-refractivity contribution is -0.151. The summed E-state index contributed by atoms with van der Waals surface area (Å²) in [5.41, 5.74) is 12.0. The molecule has 0 fully saturated rings. The van der Waals surface area contributed by atoms with Crippen LogP contribution in [-0.2, 0) is 19.1 Å². The average molecular weight is 946 g/mol. The summed E-state index contributed by atoms with van der Waals surface area (Å²) in [5.74, 6) is -10.3. The Morgan fingerprint density at radius 1 is 0.646 bits per heavy atom. The van der Waals surface area contributed by atoms with E-state index < -0.39 is 95.1 Å². The van der Waals surface area contributed by atoms with Crippen molar-refractivity contribution in [3.63, 3.8) is 0 Å². The SMILES string of the molecule is CCOC(=O)CCC(=O)OCC(Oc1ccc(F)c(C(N)=O)c1F)c1nc(-c2ccc(C)cc2)c(Cl)o1.Cc1ccc(-c2nc(C(CO)Oc3ccc(F)c(C(N)=O)c3F)oc2Cl)cc1. The first-order chi connectivity index (χ1) is 30.9. The van der Waals surface area contributed by atoms with Crippen molar-refractivity contribution >= 4 is 47.0 Å². The van der Waals surface area contributed by atoms with E-state index in [0.29, 0.717) is 16.8 Å². The number of aromatic nitrogens is 2. The molecule has 0 radical (unpaired) electrons. The van der Waals surface area contributed by atoms with E-state index in [2.05, 4.69) is 9.97 Å². The zero-order valence-corrected chi connectivity index (χ0v) is 36.0. The minimum atomic E-state index is -1.37. The van der Waals surface area contributed by atoms with Gasteiger partial charge in [0.15, 0.2) is 29.2 Å². The molecule has 2 amide bonds. The van der Waals surface area contributed by atoms with Crippen LogP contribution < -0.4 is 20.9 Å². The Bertz CT molecular complexity index is 2680. The number of aliphatic hydroxyl groups excluding tert-OH is 1. The number of esters is 2. The van der Waals surface area contributed by atoms with E-state index in [1.807, 2.05) is 38.1 Å². The summed E-state index contributed by atoms with van der Waals surface area (Å²) >= 11 is 12.3. The van der Waals surface area contributed by atoms with Gasteiger partial charge < -0.3 is 44.4 Å². The van der Waals surface area contributed by atoms with E-state index in [-0.39, 0.29) is 47.4 Å². The molecule has 2 heterocycles. The highest BCUT2D eigenvalue weighted by Crippen LogP contribution is 2.35. The molecule has 0 saturated carbocycles. The molecule has 2 aromatic heterocycles. The predicted molar refractivity (Wildman–Crippen MR) is 224 cm³/mol. The van der Waals surface area contributed by atoms with E-state index in [4.69, 9.17) is 62.5 Å². The van der Waals surface area contributed by atoms with Crippen molar-refractivity contribution in [1.29, 1.82) is 0 Å². The van der Waals surface area contributed by atoms with Crippen LogP contribution in [0.5, 0.6) is 11.5 Å². The first-order valence-electron chi connectivity index (χ1n) is 19.2. The average Bonchev–Trinajstić information content (AvgIpc) is 3.84. The Hall–Kier alpha value is -6.96. The fourth-order valence-electron chi connectivity index (χ4n) is 5.70. The number of nitrogens with two attached hydrogens (primary N) is 2. The molecule has 0 bridgehead atoms. The lowest BCUT2D eigenvalue weighted by Gasteiger charge is -2.17. The van der Waals surface area contributed by atoms with Gasteiger partial charge in [0.2, 0.25) is 28.3 Å². The number of nitrogens with zero attached hydrogens (tertiary/aromatic N) is 2. The van der Waals surface area contributed by atoms with E-state index in [1.54, 1.807) is 31.2 Å². The fourth-order valence-corrected chi connectivity index (χ4v) is 6.16. The Morgan fingerprint density at radius 3 is 1.45 bits per heavy atom. The molecule has 65 heavy (non-hydrogen) atoms. The molecule has 0 spiro atoms. The van der Waals surface area contributed by atoms with Gasteiger partial charge in [-0.1, -0.05) is 59.7 Å². The number of hydrogen-bond acceptors (Lipinski definition) is 13. The quantitative estimate of drug-likeness (QED) is 0.0576. The number of rotatable bonds is 17. The molecular weight excluding hydrogens is 907 g/mol. The van der Waals surface area contributed by atoms with Gasteiger partial charge in [0.25, 0.3) is 11.8 Å². The largest absolute Gasteiger partial charge is 0.475 e. The molecule has 5 N–H and O–H groups in total. The van der Waals surface area contributed by atoms with Gasteiger partial charge in [0.05, 0.1) is 26.1 Å². The molecule has 0 aliphatic carbocycles. The molecule has 0 aliphatic heterocycles. The van der Waals surface area contributed by atoms with Crippen molar-refractivity contribution in [3.8, 4) is 34.0 Å². The molecule has 15 nitrogen and oxygen atoms in total. The molecule has 342 valence electrons. The van der Waals surface area contributed by atoms with Crippen LogP contribution in [0.25, 0.3) is 22.5 Å². The number of ether oxygens (including phenoxy) is 4. The minimum Gasteiger partial charge on any atom is -0.475 e. The molecule has 21 heteroatoms. The first kappa shape index (κ1) is 49.1. The van der Waals surface area contributed by atoms with Gasteiger partial charge in [0.1, 0.15) is 40.8 Å². The van der Waals surface area contributed by atoms with Crippen LogP contribution in [-0.4, -0.2) is 58.6 Å². The van der Waals surface area contributed by atoms with Crippen molar-refractivity contribution in [1.82, 2.24) is 9.97 Å². The summed E-state index contributed by atoms with van der Waals surface area (Å²) in [5, 5.41) is 9.46. The van der Waals surface area contributed by atoms with E-state index in [0.717, 1.165) is 35.4 Å². The van der Waals surface area contributed by atoms with Crippen molar-refractivity contribution in [2.45, 2.75) is 45.8 Å². The topological polar surface area (TPSA) is 230 Å². The zero-order valence-electron chi connectivity index (χ0n) is 34.5. The summed E-state index contributed by atoms with van der Waals surface area (Å²) in [6.07, 6.45) is -3.13. The van der Waals surface area contributed by atoms with Crippen LogP contribution >= 0.6 is 23.2 Å².